The highest BCUT2D eigenvalue weighted by atomic mass is 35.5. The van der Waals surface area contributed by atoms with Crippen LogP contribution >= 0.6 is 11.6 Å². The zero-order valence-electron chi connectivity index (χ0n) is 17.1. The molecule has 6 nitrogen and oxygen atoms in total. The van der Waals surface area contributed by atoms with Crippen molar-refractivity contribution in [2.45, 2.75) is 18.7 Å². The second-order valence-electron chi connectivity index (χ2n) is 6.96. The lowest BCUT2D eigenvalue weighted by Crippen LogP contribution is -2.39. The second kappa shape index (κ2) is 9.76. The molecule has 0 radical (unpaired) electrons. The van der Waals surface area contributed by atoms with Gasteiger partial charge in [0.05, 0.1) is 16.8 Å². The number of aryl methyl sites for hydroxylation is 2. The summed E-state index contributed by atoms with van der Waals surface area (Å²) in [4.78, 5) is 12.6. The molecule has 0 atom stereocenters. The lowest BCUT2D eigenvalue weighted by molar-refractivity contribution is -0.119. The average molecular weight is 456 g/mol. The molecule has 0 unspecified atom stereocenters. The quantitative estimate of drug-likeness (QED) is 0.426. The summed E-state index contributed by atoms with van der Waals surface area (Å²) in [7, 11) is -3.99. The zero-order chi connectivity index (χ0) is 22.4. The molecular formula is C23H22ClN3O3S. The van der Waals surface area contributed by atoms with Crippen molar-refractivity contribution in [2.24, 2.45) is 5.10 Å². The van der Waals surface area contributed by atoms with Gasteiger partial charge in [-0.25, -0.2) is 13.8 Å². The van der Waals surface area contributed by atoms with Crippen LogP contribution in [0, 0.1) is 13.8 Å². The molecule has 0 spiro atoms. The predicted octanol–water partition coefficient (Wildman–Crippen LogP) is 4.30. The lowest BCUT2D eigenvalue weighted by Gasteiger charge is -2.23. The van der Waals surface area contributed by atoms with E-state index in [0.29, 0.717) is 5.02 Å². The first-order chi connectivity index (χ1) is 14.8. The zero-order valence-corrected chi connectivity index (χ0v) is 18.7. The molecule has 0 aliphatic rings. The van der Waals surface area contributed by atoms with Crippen molar-refractivity contribution in [1.82, 2.24) is 5.43 Å². The number of carbonyl (C=O) groups is 1. The number of hydrazone groups is 1. The van der Waals surface area contributed by atoms with Crippen molar-refractivity contribution in [3.05, 3.63) is 94.5 Å². The topological polar surface area (TPSA) is 78.8 Å². The minimum absolute atomic E-state index is 0.0710. The molecule has 0 saturated heterocycles. The third kappa shape index (κ3) is 5.71. The van der Waals surface area contributed by atoms with Crippen LogP contribution < -0.4 is 9.73 Å². The summed E-state index contributed by atoms with van der Waals surface area (Å²) < 4.78 is 27.5. The molecule has 0 heterocycles. The molecule has 1 amide bonds. The van der Waals surface area contributed by atoms with Crippen LogP contribution in [-0.2, 0) is 14.8 Å². The number of benzene rings is 3. The monoisotopic (exact) mass is 455 g/mol. The highest BCUT2D eigenvalue weighted by molar-refractivity contribution is 7.92. The molecule has 3 aromatic rings. The lowest BCUT2D eigenvalue weighted by atomic mass is 10.1. The van der Waals surface area contributed by atoms with Gasteiger partial charge in [0.1, 0.15) is 6.54 Å². The Kier molecular flexibility index (Phi) is 7.09. The fourth-order valence-corrected chi connectivity index (χ4v) is 4.52. The maximum Gasteiger partial charge on any atom is 0.264 e. The Balaban J connectivity index is 1.84. The van der Waals surface area contributed by atoms with E-state index in [2.05, 4.69) is 10.5 Å². The molecule has 0 aliphatic heterocycles. The summed E-state index contributed by atoms with van der Waals surface area (Å²) >= 11 is 6.05. The van der Waals surface area contributed by atoms with Gasteiger partial charge in [-0.15, -0.1) is 0 Å². The van der Waals surface area contributed by atoms with Crippen molar-refractivity contribution < 1.29 is 13.2 Å². The third-order valence-electron chi connectivity index (χ3n) is 4.54. The van der Waals surface area contributed by atoms with Crippen LogP contribution in [0.2, 0.25) is 5.02 Å². The minimum atomic E-state index is -3.99. The summed E-state index contributed by atoms with van der Waals surface area (Å²) in [5, 5.41) is 4.35. The average Bonchev–Trinajstić information content (AvgIpc) is 2.75. The number of rotatable bonds is 7. The Hall–Kier alpha value is -3.16. The Morgan fingerprint density at radius 2 is 1.77 bits per heavy atom. The molecule has 0 bridgehead atoms. The van der Waals surface area contributed by atoms with Crippen LogP contribution in [0.5, 0.6) is 0 Å². The first kappa shape index (κ1) is 22.5. The molecule has 0 aliphatic carbocycles. The maximum atomic E-state index is 13.2. The predicted molar refractivity (Wildman–Crippen MR) is 124 cm³/mol. The van der Waals surface area contributed by atoms with E-state index in [1.165, 1.54) is 24.4 Å². The first-order valence-corrected chi connectivity index (χ1v) is 11.3. The van der Waals surface area contributed by atoms with Gasteiger partial charge in [0.25, 0.3) is 15.9 Å². The number of sulfonamides is 1. The molecule has 3 aromatic carbocycles. The van der Waals surface area contributed by atoms with Crippen LogP contribution in [0.25, 0.3) is 0 Å². The summed E-state index contributed by atoms with van der Waals surface area (Å²) in [5.74, 6) is -0.582. The normalized spacial score (nSPS) is 11.5. The standard InChI is InChI=1S/C23H22ClN3O3S/c1-17-11-12-18(2)19(13-17)15-25-26-23(28)16-27(21-8-6-7-20(24)14-21)31(29,30)22-9-4-3-5-10-22/h3-15H,16H2,1-2H3,(H,26,28). The molecule has 160 valence electrons. The van der Waals surface area contributed by atoms with E-state index in [9.17, 15) is 13.2 Å². The van der Waals surface area contributed by atoms with Gasteiger partial charge in [-0.1, -0.05) is 59.6 Å². The van der Waals surface area contributed by atoms with Crippen LogP contribution in [-0.4, -0.2) is 27.1 Å². The van der Waals surface area contributed by atoms with Gasteiger partial charge < -0.3 is 0 Å². The van der Waals surface area contributed by atoms with E-state index in [1.807, 2.05) is 32.0 Å². The molecular weight excluding hydrogens is 434 g/mol. The largest absolute Gasteiger partial charge is 0.271 e. The van der Waals surface area contributed by atoms with Gasteiger partial charge in [0.2, 0.25) is 0 Å². The number of hydrogen-bond donors (Lipinski definition) is 1. The van der Waals surface area contributed by atoms with Crippen molar-refractivity contribution in [3.8, 4) is 0 Å². The Labute approximate surface area is 187 Å². The van der Waals surface area contributed by atoms with E-state index in [-0.39, 0.29) is 10.6 Å². The van der Waals surface area contributed by atoms with Crippen molar-refractivity contribution >= 4 is 39.4 Å². The van der Waals surface area contributed by atoms with E-state index >= 15 is 0 Å². The molecule has 0 fully saturated rings. The number of amides is 1. The van der Waals surface area contributed by atoms with Gasteiger partial charge in [-0.3, -0.25) is 9.10 Å². The maximum absolute atomic E-state index is 13.2. The minimum Gasteiger partial charge on any atom is -0.271 e. The molecule has 31 heavy (non-hydrogen) atoms. The highest BCUT2D eigenvalue weighted by Crippen LogP contribution is 2.25. The van der Waals surface area contributed by atoms with Crippen molar-refractivity contribution in [1.29, 1.82) is 0 Å². The number of carbonyl (C=O) groups excluding carboxylic acids is 1. The van der Waals surface area contributed by atoms with E-state index in [0.717, 1.165) is 21.0 Å². The fourth-order valence-electron chi connectivity index (χ4n) is 2.90. The van der Waals surface area contributed by atoms with Gasteiger partial charge in [-0.2, -0.15) is 5.10 Å². The summed E-state index contributed by atoms with van der Waals surface area (Å²) in [6, 6.07) is 20.2. The van der Waals surface area contributed by atoms with Gasteiger partial charge in [-0.05, 0) is 55.3 Å². The number of halogens is 1. The van der Waals surface area contributed by atoms with Crippen LogP contribution in [0.1, 0.15) is 16.7 Å². The first-order valence-electron chi connectivity index (χ1n) is 9.50. The number of anilines is 1. The molecule has 1 N–H and O–H groups in total. The van der Waals surface area contributed by atoms with Crippen molar-refractivity contribution in [2.75, 3.05) is 10.8 Å². The molecule has 3 rings (SSSR count). The van der Waals surface area contributed by atoms with Crippen LogP contribution in [0.4, 0.5) is 5.69 Å². The molecule has 0 aromatic heterocycles. The van der Waals surface area contributed by atoms with Gasteiger partial charge in [0.15, 0.2) is 0 Å². The Bertz CT molecular complexity index is 1210. The summed E-state index contributed by atoms with van der Waals surface area (Å²) in [5.41, 5.74) is 5.63. The van der Waals surface area contributed by atoms with Crippen LogP contribution in [0.3, 0.4) is 0 Å². The SMILES string of the molecule is Cc1ccc(C)c(C=NNC(=O)CN(c2cccc(Cl)c2)S(=O)(=O)c2ccccc2)c1. The molecule has 8 heteroatoms. The van der Waals surface area contributed by atoms with E-state index in [1.54, 1.807) is 36.4 Å². The number of hydrogen-bond acceptors (Lipinski definition) is 4. The summed E-state index contributed by atoms with van der Waals surface area (Å²) in [6.45, 7) is 3.45. The highest BCUT2D eigenvalue weighted by Gasteiger charge is 2.27. The number of nitrogens with one attached hydrogen (secondary N) is 1. The van der Waals surface area contributed by atoms with E-state index < -0.39 is 22.5 Å². The van der Waals surface area contributed by atoms with Crippen molar-refractivity contribution in [3.63, 3.8) is 0 Å². The van der Waals surface area contributed by atoms with E-state index in [4.69, 9.17) is 11.6 Å². The van der Waals surface area contributed by atoms with Crippen LogP contribution in [0.15, 0.2) is 82.8 Å². The van der Waals surface area contributed by atoms with Gasteiger partial charge in [0, 0.05) is 5.02 Å². The second-order valence-corrected chi connectivity index (χ2v) is 9.26. The smallest absolute Gasteiger partial charge is 0.264 e. The fraction of sp³-hybridized carbons (Fsp3) is 0.130. The Morgan fingerprint density at radius 3 is 2.48 bits per heavy atom. The van der Waals surface area contributed by atoms with Gasteiger partial charge >= 0.3 is 0 Å². The summed E-state index contributed by atoms with van der Waals surface area (Å²) in [6.07, 6.45) is 1.54. The Morgan fingerprint density at radius 1 is 1.03 bits per heavy atom. The number of nitrogens with zero attached hydrogens (tertiary/aromatic N) is 2. The molecule has 0 saturated carbocycles. The third-order valence-corrected chi connectivity index (χ3v) is 6.57.